The molecule has 0 radical (unpaired) electrons. The van der Waals surface area contributed by atoms with E-state index in [1.165, 1.54) is 12.1 Å². The van der Waals surface area contributed by atoms with Crippen LogP contribution in [0.4, 0.5) is 4.39 Å². The van der Waals surface area contributed by atoms with Crippen LogP contribution in [0.2, 0.25) is 0 Å². The monoisotopic (exact) mass is 388 g/mol. The third-order valence-electron chi connectivity index (χ3n) is 4.98. The van der Waals surface area contributed by atoms with Gasteiger partial charge in [-0.15, -0.1) is 0 Å². The van der Waals surface area contributed by atoms with Crippen LogP contribution in [0.3, 0.4) is 0 Å². The topological polar surface area (TPSA) is 71.0 Å². The summed E-state index contributed by atoms with van der Waals surface area (Å²) in [5.74, 6) is 0.378. The smallest absolute Gasteiger partial charge is 0.251 e. The molecule has 1 fully saturated rings. The minimum atomic E-state index is -0.834. The van der Waals surface area contributed by atoms with Gasteiger partial charge < -0.3 is 24.8 Å². The van der Waals surface area contributed by atoms with Gasteiger partial charge >= 0.3 is 0 Å². The molecule has 0 heterocycles. The van der Waals surface area contributed by atoms with E-state index in [1.54, 1.807) is 43.5 Å². The number of carbonyl (C=O) groups is 1. The van der Waals surface area contributed by atoms with Crippen molar-refractivity contribution in [1.29, 1.82) is 0 Å². The first-order chi connectivity index (χ1) is 13.4. The molecule has 0 spiro atoms. The molecule has 6 nitrogen and oxygen atoms in total. The number of ether oxygens (including phenoxy) is 2. The maximum absolute atomic E-state index is 13.4. The summed E-state index contributed by atoms with van der Waals surface area (Å²) in [6, 6.07) is 12.0. The van der Waals surface area contributed by atoms with Gasteiger partial charge in [-0.2, -0.15) is 0 Å². The Morgan fingerprint density at radius 1 is 1.18 bits per heavy atom. The minimum Gasteiger partial charge on any atom is -0.497 e. The fourth-order valence-electron chi connectivity index (χ4n) is 3.62. The Hall–Kier alpha value is -2.64. The van der Waals surface area contributed by atoms with E-state index >= 15 is 0 Å². The minimum absolute atomic E-state index is 0.238. The Labute approximate surface area is 163 Å². The van der Waals surface area contributed by atoms with Gasteiger partial charge in [0.15, 0.2) is 0 Å². The van der Waals surface area contributed by atoms with E-state index in [4.69, 9.17) is 9.47 Å². The zero-order valence-electron chi connectivity index (χ0n) is 16.1. The highest BCUT2D eigenvalue weighted by molar-refractivity contribution is 5.94. The number of hydrogen-bond acceptors (Lipinski definition) is 5. The zero-order chi connectivity index (χ0) is 20.3. The van der Waals surface area contributed by atoms with Crippen molar-refractivity contribution in [2.45, 2.75) is 30.7 Å². The predicted molar refractivity (Wildman–Crippen MR) is 103 cm³/mol. The molecule has 1 amide bonds. The fourth-order valence-corrected chi connectivity index (χ4v) is 3.62. The largest absolute Gasteiger partial charge is 0.497 e. The molecule has 0 aromatic heterocycles. The molecule has 0 unspecified atom stereocenters. The number of carbonyl (C=O) groups excluding carboxylic acids is 1. The number of nitrogens with one attached hydrogen (secondary N) is 1. The average molecular weight is 388 g/mol. The molecular formula is C21H25FN2O4. The molecule has 1 saturated carbocycles. The van der Waals surface area contributed by atoms with E-state index in [9.17, 15) is 14.3 Å². The summed E-state index contributed by atoms with van der Waals surface area (Å²) >= 11 is 0. The fraction of sp³-hybridized carbons (Fsp3) is 0.381. The lowest BCUT2D eigenvalue weighted by Gasteiger charge is -2.29. The Morgan fingerprint density at radius 2 is 1.89 bits per heavy atom. The lowest BCUT2D eigenvalue weighted by atomic mass is 10.1. The molecule has 2 aromatic carbocycles. The van der Waals surface area contributed by atoms with Crippen LogP contribution < -0.4 is 14.8 Å². The number of likely N-dealkylation sites (N-methyl/N-ethyl adjacent to an activating group) is 1. The van der Waals surface area contributed by atoms with Crippen LogP contribution in [0.5, 0.6) is 11.5 Å². The molecule has 7 heteroatoms. The van der Waals surface area contributed by atoms with Crippen molar-refractivity contribution in [1.82, 2.24) is 10.2 Å². The van der Waals surface area contributed by atoms with Crippen molar-refractivity contribution >= 4 is 5.91 Å². The van der Waals surface area contributed by atoms with E-state index in [2.05, 4.69) is 5.32 Å². The van der Waals surface area contributed by atoms with Crippen LogP contribution >= 0.6 is 0 Å². The standard InChI is InChI=1S/C21H25FN2O4/c1-24(2)19-17(23-21(26)13-7-9-15(27-3)10-8-13)12-18(20(19)25)28-16-6-4-5-14(22)11-16/h4-11,17-20,25H,12H2,1-3H3,(H,23,26)/t17-,18-,19+,20+/m1/s1. The van der Waals surface area contributed by atoms with Gasteiger partial charge in [0, 0.05) is 18.1 Å². The highest BCUT2D eigenvalue weighted by Crippen LogP contribution is 2.29. The maximum Gasteiger partial charge on any atom is 0.251 e. The molecule has 3 rings (SSSR count). The van der Waals surface area contributed by atoms with E-state index in [0.717, 1.165) is 0 Å². The third kappa shape index (κ3) is 4.43. The van der Waals surface area contributed by atoms with Gasteiger partial charge in [0.1, 0.15) is 29.5 Å². The van der Waals surface area contributed by atoms with Crippen LogP contribution in [0, 0.1) is 5.82 Å². The van der Waals surface area contributed by atoms with Crippen molar-refractivity contribution in [3.05, 3.63) is 59.9 Å². The quantitative estimate of drug-likeness (QED) is 0.793. The molecule has 0 bridgehead atoms. The highest BCUT2D eigenvalue weighted by Gasteiger charge is 2.45. The zero-order valence-corrected chi connectivity index (χ0v) is 16.1. The third-order valence-corrected chi connectivity index (χ3v) is 4.98. The Morgan fingerprint density at radius 3 is 2.50 bits per heavy atom. The summed E-state index contributed by atoms with van der Waals surface area (Å²) < 4.78 is 24.3. The van der Waals surface area contributed by atoms with Crippen molar-refractivity contribution in [2.24, 2.45) is 0 Å². The van der Waals surface area contributed by atoms with Crippen molar-refractivity contribution < 1.29 is 23.8 Å². The van der Waals surface area contributed by atoms with Gasteiger partial charge in [-0.25, -0.2) is 4.39 Å². The van der Waals surface area contributed by atoms with Gasteiger partial charge in [-0.3, -0.25) is 4.79 Å². The van der Waals surface area contributed by atoms with Crippen LogP contribution in [0.15, 0.2) is 48.5 Å². The molecule has 28 heavy (non-hydrogen) atoms. The maximum atomic E-state index is 13.4. The van der Waals surface area contributed by atoms with Gasteiger partial charge in [0.25, 0.3) is 5.91 Å². The van der Waals surface area contributed by atoms with Crippen LogP contribution in [-0.4, -0.2) is 61.4 Å². The number of rotatable bonds is 6. The normalized spacial score (nSPS) is 24.2. The second-order valence-corrected chi connectivity index (χ2v) is 7.10. The summed E-state index contributed by atoms with van der Waals surface area (Å²) in [6.45, 7) is 0. The Bertz CT molecular complexity index is 812. The van der Waals surface area contributed by atoms with Gasteiger partial charge in [-0.1, -0.05) is 6.07 Å². The first-order valence-corrected chi connectivity index (χ1v) is 9.10. The number of methoxy groups -OCH3 is 1. The SMILES string of the molecule is COc1ccc(C(=O)N[C@@H]2C[C@@H](Oc3cccc(F)c3)[C@H](O)[C@H]2N(C)C)cc1. The predicted octanol–water partition coefficient (Wildman–Crippen LogP) is 2.08. The lowest BCUT2D eigenvalue weighted by molar-refractivity contribution is 0.0209. The highest BCUT2D eigenvalue weighted by atomic mass is 19.1. The number of amides is 1. The second-order valence-electron chi connectivity index (χ2n) is 7.10. The second kappa shape index (κ2) is 8.58. The van der Waals surface area contributed by atoms with Crippen molar-refractivity contribution in [2.75, 3.05) is 21.2 Å². The molecule has 0 saturated heterocycles. The van der Waals surface area contributed by atoms with Crippen LogP contribution in [0.25, 0.3) is 0 Å². The number of halogens is 1. The molecule has 2 aromatic rings. The Balaban J connectivity index is 1.72. The first-order valence-electron chi connectivity index (χ1n) is 9.10. The van der Waals surface area contributed by atoms with Crippen molar-refractivity contribution in [3.63, 3.8) is 0 Å². The average Bonchev–Trinajstić information content (AvgIpc) is 2.96. The van der Waals surface area contributed by atoms with E-state index in [1.807, 2.05) is 19.0 Å². The molecule has 0 aliphatic heterocycles. The summed E-state index contributed by atoms with van der Waals surface area (Å²) in [5.41, 5.74) is 0.502. The summed E-state index contributed by atoms with van der Waals surface area (Å²) in [5, 5.41) is 13.7. The molecule has 4 atom stereocenters. The van der Waals surface area contributed by atoms with E-state index in [-0.39, 0.29) is 18.0 Å². The molecule has 2 N–H and O–H groups in total. The molecule has 150 valence electrons. The summed E-state index contributed by atoms with van der Waals surface area (Å²) in [7, 11) is 5.24. The first kappa shape index (κ1) is 20.1. The van der Waals surface area contributed by atoms with Crippen LogP contribution in [0.1, 0.15) is 16.8 Å². The molecule has 1 aliphatic carbocycles. The number of aliphatic hydroxyl groups is 1. The number of aliphatic hydroxyl groups excluding tert-OH is 1. The number of benzene rings is 2. The summed E-state index contributed by atoms with van der Waals surface area (Å²) in [6.07, 6.45) is -0.989. The number of nitrogens with zero attached hydrogens (tertiary/aromatic N) is 1. The van der Waals surface area contributed by atoms with E-state index in [0.29, 0.717) is 23.5 Å². The molecule has 1 aliphatic rings. The van der Waals surface area contributed by atoms with Gasteiger partial charge in [0.05, 0.1) is 19.2 Å². The van der Waals surface area contributed by atoms with Gasteiger partial charge in [-0.05, 0) is 50.5 Å². The number of hydrogen-bond donors (Lipinski definition) is 2. The van der Waals surface area contributed by atoms with Crippen molar-refractivity contribution in [3.8, 4) is 11.5 Å². The Kier molecular flexibility index (Phi) is 6.16. The van der Waals surface area contributed by atoms with Crippen LogP contribution in [-0.2, 0) is 0 Å². The summed E-state index contributed by atoms with van der Waals surface area (Å²) in [4.78, 5) is 14.5. The van der Waals surface area contributed by atoms with Gasteiger partial charge in [0.2, 0.25) is 0 Å². The van der Waals surface area contributed by atoms with E-state index < -0.39 is 18.0 Å². The lowest BCUT2D eigenvalue weighted by Crippen LogP contribution is -2.50. The molecular weight excluding hydrogens is 363 g/mol.